The van der Waals surface area contributed by atoms with Crippen LogP contribution < -0.4 is 9.47 Å². The molecular formula is C23H31ClO7Si. The largest absolute Gasteiger partial charge is 0.496 e. The smallest absolute Gasteiger partial charge is 0.144 e. The van der Waals surface area contributed by atoms with E-state index in [4.69, 9.17) is 44.8 Å². The van der Waals surface area contributed by atoms with Crippen LogP contribution in [0, 0.1) is 0 Å². The van der Waals surface area contributed by atoms with Gasteiger partial charge in [-0.15, -0.1) is 0 Å². The molecule has 2 bridgehead atoms. The van der Waals surface area contributed by atoms with Crippen molar-refractivity contribution in [3.63, 3.8) is 0 Å². The summed E-state index contributed by atoms with van der Waals surface area (Å²) < 4.78 is 42.5. The Morgan fingerprint density at radius 1 is 1.19 bits per heavy atom. The standard InChI is InChI=1S/C23H31ClO7Si/c1-25-10-18-22(28-4)17(27-3)9-14(30-18)12-7-16-19-15(26-2)8-13(24)21-20(19)23(12,31-16)32(5,6)11-29-21/h7-8,14,16-18,22H,9-11H2,1-6H3/t14-,16?,17-,18-,22+,23?/m1/s1. The van der Waals surface area contributed by atoms with E-state index in [0.717, 1.165) is 22.4 Å². The summed E-state index contributed by atoms with van der Waals surface area (Å²) in [4.78, 5) is 0. The molecule has 9 heteroatoms. The summed E-state index contributed by atoms with van der Waals surface area (Å²) in [5.74, 6) is 1.45. The van der Waals surface area contributed by atoms with Gasteiger partial charge in [0.05, 0.1) is 37.2 Å². The number of methoxy groups -OCH3 is 4. The van der Waals surface area contributed by atoms with Gasteiger partial charge in [0.1, 0.15) is 43.1 Å². The van der Waals surface area contributed by atoms with Crippen molar-refractivity contribution < 1.29 is 33.2 Å². The molecule has 0 aromatic heterocycles. The zero-order valence-corrected chi connectivity index (χ0v) is 21.2. The molecule has 4 heterocycles. The van der Waals surface area contributed by atoms with Crippen LogP contribution in [0.1, 0.15) is 23.7 Å². The van der Waals surface area contributed by atoms with Gasteiger partial charge < -0.3 is 33.2 Å². The van der Waals surface area contributed by atoms with Crippen LogP contribution in [0.4, 0.5) is 0 Å². The molecule has 2 unspecified atom stereocenters. The summed E-state index contributed by atoms with van der Waals surface area (Å²) in [5.41, 5.74) is 3.21. The van der Waals surface area contributed by atoms with Gasteiger partial charge >= 0.3 is 0 Å². The maximum absolute atomic E-state index is 6.87. The Bertz CT molecular complexity index is 951. The van der Waals surface area contributed by atoms with Gasteiger partial charge in [-0.3, -0.25) is 0 Å². The molecule has 6 atom stereocenters. The van der Waals surface area contributed by atoms with E-state index in [9.17, 15) is 0 Å². The van der Waals surface area contributed by atoms with E-state index in [1.165, 1.54) is 0 Å². The minimum absolute atomic E-state index is 0.118. The fourth-order valence-corrected chi connectivity index (χ4v) is 9.38. The fourth-order valence-electron chi connectivity index (χ4n) is 6.02. The molecule has 4 aliphatic heterocycles. The Labute approximate surface area is 194 Å². The summed E-state index contributed by atoms with van der Waals surface area (Å²) in [5, 5.41) is -0.0322. The minimum Gasteiger partial charge on any atom is -0.496 e. The highest BCUT2D eigenvalue weighted by Crippen LogP contribution is 2.66. The molecule has 1 aromatic carbocycles. The molecule has 1 saturated heterocycles. The number of fused-ring (bicyclic) bond motifs is 2. The normalized spacial score (nSPS) is 36.5. The molecule has 1 spiro atoms. The maximum atomic E-state index is 6.87. The summed E-state index contributed by atoms with van der Waals surface area (Å²) in [6.45, 7) is 5.02. The second-order valence-electron chi connectivity index (χ2n) is 9.52. The molecule has 0 aliphatic carbocycles. The number of benzene rings is 1. The van der Waals surface area contributed by atoms with E-state index >= 15 is 0 Å². The van der Waals surface area contributed by atoms with E-state index in [1.807, 2.05) is 6.07 Å². The second-order valence-corrected chi connectivity index (χ2v) is 14.7. The molecular weight excluding hydrogens is 452 g/mol. The highest BCUT2D eigenvalue weighted by molar-refractivity contribution is 6.81. The third-order valence-corrected chi connectivity index (χ3v) is 11.1. The maximum Gasteiger partial charge on any atom is 0.144 e. The Morgan fingerprint density at radius 2 is 1.97 bits per heavy atom. The van der Waals surface area contributed by atoms with E-state index < -0.39 is 13.3 Å². The summed E-state index contributed by atoms with van der Waals surface area (Å²) in [6.07, 6.45) is 2.53. The molecule has 32 heavy (non-hydrogen) atoms. The predicted octanol–water partition coefficient (Wildman–Crippen LogP) is 3.57. The van der Waals surface area contributed by atoms with Crippen molar-refractivity contribution in [3.8, 4) is 11.5 Å². The van der Waals surface area contributed by atoms with Crippen molar-refractivity contribution in [2.24, 2.45) is 0 Å². The van der Waals surface area contributed by atoms with Gasteiger partial charge in [0.25, 0.3) is 0 Å². The first-order valence-electron chi connectivity index (χ1n) is 11.0. The Hall–Kier alpha value is -1.13. The second kappa shape index (κ2) is 7.97. The highest BCUT2D eigenvalue weighted by Gasteiger charge is 2.67. The Kier molecular flexibility index (Phi) is 5.64. The Balaban J connectivity index is 1.63. The van der Waals surface area contributed by atoms with E-state index in [-0.39, 0.29) is 30.5 Å². The van der Waals surface area contributed by atoms with Gasteiger partial charge in [-0.25, -0.2) is 0 Å². The van der Waals surface area contributed by atoms with Crippen LogP contribution in [-0.2, 0) is 28.9 Å². The lowest BCUT2D eigenvalue weighted by Gasteiger charge is -2.50. The van der Waals surface area contributed by atoms with Crippen molar-refractivity contribution in [1.29, 1.82) is 0 Å². The van der Waals surface area contributed by atoms with Crippen molar-refractivity contribution in [2.45, 2.75) is 55.3 Å². The lowest BCUT2D eigenvalue weighted by atomic mass is 9.83. The van der Waals surface area contributed by atoms with E-state index in [0.29, 0.717) is 30.0 Å². The molecule has 5 rings (SSSR count). The van der Waals surface area contributed by atoms with Gasteiger partial charge in [0.15, 0.2) is 0 Å². The predicted molar refractivity (Wildman–Crippen MR) is 121 cm³/mol. The first-order chi connectivity index (χ1) is 15.3. The molecule has 0 saturated carbocycles. The zero-order valence-electron chi connectivity index (χ0n) is 19.4. The monoisotopic (exact) mass is 482 g/mol. The third-order valence-electron chi connectivity index (χ3n) is 7.44. The van der Waals surface area contributed by atoms with Crippen LogP contribution in [-0.4, -0.2) is 73.8 Å². The van der Waals surface area contributed by atoms with Crippen LogP contribution in [0.2, 0.25) is 18.1 Å². The molecule has 7 nitrogen and oxygen atoms in total. The Morgan fingerprint density at radius 3 is 2.62 bits per heavy atom. The van der Waals surface area contributed by atoms with Gasteiger partial charge in [0, 0.05) is 44.9 Å². The number of ether oxygens (including phenoxy) is 7. The highest BCUT2D eigenvalue weighted by atomic mass is 35.5. The fraction of sp³-hybridized carbons (Fsp3) is 0.652. The first-order valence-corrected chi connectivity index (χ1v) is 14.5. The molecule has 0 N–H and O–H groups in total. The summed E-state index contributed by atoms with van der Waals surface area (Å²) >= 11 is 6.65. The topological polar surface area (TPSA) is 64.6 Å². The van der Waals surface area contributed by atoms with Gasteiger partial charge in [-0.05, 0) is 11.6 Å². The average Bonchev–Trinajstić information content (AvgIpc) is 3.33. The van der Waals surface area contributed by atoms with Gasteiger partial charge in [0.2, 0.25) is 0 Å². The van der Waals surface area contributed by atoms with Crippen LogP contribution >= 0.6 is 11.6 Å². The molecule has 0 radical (unpaired) electrons. The SMILES string of the molecule is COC[C@H]1O[C@@H](C2=CC3OC24c2c(c(Cl)cc(OC)c23)OC[Si]4(C)C)C[C@@H](OC)[C@@H]1OC. The number of halogens is 1. The van der Waals surface area contributed by atoms with Crippen LogP contribution in [0.15, 0.2) is 17.7 Å². The average molecular weight is 483 g/mol. The van der Waals surface area contributed by atoms with Crippen molar-refractivity contribution in [2.75, 3.05) is 41.3 Å². The van der Waals surface area contributed by atoms with Crippen molar-refractivity contribution in [1.82, 2.24) is 0 Å². The van der Waals surface area contributed by atoms with Gasteiger partial charge in [-0.2, -0.15) is 0 Å². The third kappa shape index (κ3) is 2.90. The molecule has 1 fully saturated rings. The van der Waals surface area contributed by atoms with Crippen molar-refractivity contribution in [3.05, 3.63) is 33.9 Å². The van der Waals surface area contributed by atoms with E-state index in [1.54, 1.807) is 28.4 Å². The van der Waals surface area contributed by atoms with E-state index in [2.05, 4.69) is 19.2 Å². The number of hydrogen-bond donors (Lipinski definition) is 0. The van der Waals surface area contributed by atoms with Crippen LogP contribution in [0.3, 0.4) is 0 Å². The molecule has 0 amide bonds. The number of rotatable bonds is 6. The lowest BCUT2D eigenvalue weighted by molar-refractivity contribution is -0.193. The summed E-state index contributed by atoms with van der Waals surface area (Å²) in [7, 11) is 4.60. The molecule has 176 valence electrons. The van der Waals surface area contributed by atoms with Crippen LogP contribution in [0.5, 0.6) is 11.5 Å². The number of hydrogen-bond acceptors (Lipinski definition) is 7. The zero-order chi connectivity index (χ0) is 22.8. The molecule has 4 aliphatic rings. The quantitative estimate of drug-likeness (QED) is 0.453. The van der Waals surface area contributed by atoms with Crippen molar-refractivity contribution >= 4 is 19.7 Å². The minimum atomic E-state index is -2.14. The van der Waals surface area contributed by atoms with Gasteiger partial charge in [-0.1, -0.05) is 24.7 Å². The lowest BCUT2D eigenvalue weighted by Crippen LogP contribution is -2.62. The summed E-state index contributed by atoms with van der Waals surface area (Å²) in [6, 6.07) is 1.83. The van der Waals surface area contributed by atoms with Crippen LogP contribution in [0.25, 0.3) is 0 Å². The molecule has 1 aromatic rings. The first kappa shape index (κ1) is 22.6.